The normalized spacial score (nSPS) is 14.0. The van der Waals surface area contributed by atoms with Crippen LogP contribution in [-0.2, 0) is 0 Å². The fourth-order valence-corrected chi connectivity index (χ4v) is 1.90. The highest BCUT2D eigenvalue weighted by atomic mass is 35.5. The molecule has 0 fully saturated rings. The summed E-state index contributed by atoms with van der Waals surface area (Å²) in [6, 6.07) is 7.56. The van der Waals surface area contributed by atoms with Crippen LogP contribution in [0.4, 0.5) is 0 Å². The third kappa shape index (κ3) is 4.40. The van der Waals surface area contributed by atoms with E-state index in [4.69, 9.17) is 18.0 Å². The summed E-state index contributed by atoms with van der Waals surface area (Å²) in [6.07, 6.45) is 6.29. The van der Waals surface area contributed by atoms with E-state index in [9.17, 15) is 5.11 Å². The minimum absolute atomic E-state index is 0.247. The molecule has 2 atom stereocenters. The summed E-state index contributed by atoms with van der Waals surface area (Å²) in [4.78, 5) is 0. The van der Waals surface area contributed by atoms with Crippen molar-refractivity contribution in [2.75, 3.05) is 6.54 Å². The van der Waals surface area contributed by atoms with Crippen molar-refractivity contribution in [3.8, 4) is 12.3 Å². The summed E-state index contributed by atoms with van der Waals surface area (Å²) in [5, 5.41) is 13.8. The summed E-state index contributed by atoms with van der Waals surface area (Å²) in [6.45, 7) is 2.53. The molecule has 0 saturated carbocycles. The largest absolute Gasteiger partial charge is 0.387 e. The topological polar surface area (TPSA) is 32.3 Å². The van der Waals surface area contributed by atoms with Crippen molar-refractivity contribution in [1.29, 1.82) is 0 Å². The number of hydrogen-bond donors (Lipinski definition) is 2. The van der Waals surface area contributed by atoms with E-state index in [-0.39, 0.29) is 6.04 Å². The smallest absolute Gasteiger partial charge is 0.0928 e. The van der Waals surface area contributed by atoms with Crippen LogP contribution in [-0.4, -0.2) is 17.7 Å². The summed E-state index contributed by atoms with van der Waals surface area (Å²) in [5.74, 6) is 2.62. The quantitative estimate of drug-likeness (QED) is 0.762. The zero-order valence-corrected chi connectivity index (χ0v) is 10.7. The number of hydrogen-bond acceptors (Lipinski definition) is 2. The van der Waals surface area contributed by atoms with Gasteiger partial charge >= 0.3 is 0 Å². The first-order valence-corrected chi connectivity index (χ1v) is 6.16. The molecular weight excluding hydrogens is 234 g/mol. The highest BCUT2D eigenvalue weighted by molar-refractivity contribution is 6.31. The Morgan fingerprint density at radius 1 is 1.47 bits per heavy atom. The van der Waals surface area contributed by atoms with Crippen LogP contribution < -0.4 is 5.32 Å². The maximum atomic E-state index is 10.0. The fraction of sp³-hybridized carbons (Fsp3) is 0.429. The van der Waals surface area contributed by atoms with Crippen LogP contribution in [0.3, 0.4) is 0 Å². The molecule has 0 saturated heterocycles. The van der Waals surface area contributed by atoms with Crippen molar-refractivity contribution < 1.29 is 5.11 Å². The molecule has 0 aliphatic rings. The molecule has 0 aliphatic heterocycles. The minimum atomic E-state index is -0.601. The highest BCUT2D eigenvalue weighted by Gasteiger charge is 2.12. The maximum Gasteiger partial charge on any atom is 0.0928 e. The molecule has 1 rings (SSSR count). The molecule has 0 spiro atoms. The zero-order valence-electron chi connectivity index (χ0n) is 9.99. The SMILES string of the molecule is C#CCC(CC)NCC(O)c1ccccc1Cl. The van der Waals surface area contributed by atoms with Gasteiger partial charge in [-0.15, -0.1) is 12.3 Å². The van der Waals surface area contributed by atoms with Crippen molar-refractivity contribution in [3.63, 3.8) is 0 Å². The Morgan fingerprint density at radius 2 is 2.18 bits per heavy atom. The van der Waals surface area contributed by atoms with E-state index >= 15 is 0 Å². The summed E-state index contributed by atoms with van der Waals surface area (Å²) >= 11 is 6.01. The molecule has 0 radical (unpaired) electrons. The Hall–Kier alpha value is -1.01. The molecule has 2 N–H and O–H groups in total. The van der Waals surface area contributed by atoms with Crippen LogP contribution >= 0.6 is 11.6 Å². The molecule has 3 heteroatoms. The van der Waals surface area contributed by atoms with Gasteiger partial charge in [0.25, 0.3) is 0 Å². The molecule has 92 valence electrons. The van der Waals surface area contributed by atoms with Gasteiger partial charge in [0.15, 0.2) is 0 Å². The second-order valence-electron chi connectivity index (χ2n) is 3.96. The second-order valence-corrected chi connectivity index (χ2v) is 4.37. The zero-order chi connectivity index (χ0) is 12.7. The first-order valence-electron chi connectivity index (χ1n) is 5.78. The summed E-state index contributed by atoms with van der Waals surface area (Å²) in [7, 11) is 0. The van der Waals surface area contributed by atoms with Gasteiger partial charge in [-0.1, -0.05) is 36.7 Å². The first kappa shape index (κ1) is 14.1. The molecule has 0 heterocycles. The van der Waals surface area contributed by atoms with E-state index in [1.54, 1.807) is 6.07 Å². The van der Waals surface area contributed by atoms with Gasteiger partial charge in [-0.05, 0) is 12.5 Å². The Balaban J connectivity index is 2.53. The third-order valence-electron chi connectivity index (χ3n) is 2.72. The van der Waals surface area contributed by atoms with E-state index in [1.807, 2.05) is 18.2 Å². The fourth-order valence-electron chi connectivity index (χ4n) is 1.64. The molecule has 2 unspecified atom stereocenters. The van der Waals surface area contributed by atoms with E-state index in [2.05, 4.69) is 18.2 Å². The van der Waals surface area contributed by atoms with Crippen molar-refractivity contribution >= 4 is 11.6 Å². The minimum Gasteiger partial charge on any atom is -0.387 e. The van der Waals surface area contributed by atoms with Crippen molar-refractivity contribution in [2.24, 2.45) is 0 Å². The summed E-state index contributed by atoms with van der Waals surface area (Å²) in [5.41, 5.74) is 0.747. The number of terminal acetylenes is 1. The molecule has 0 bridgehead atoms. The van der Waals surface area contributed by atoms with Gasteiger partial charge in [0.05, 0.1) is 6.10 Å². The van der Waals surface area contributed by atoms with Gasteiger partial charge < -0.3 is 10.4 Å². The van der Waals surface area contributed by atoms with Gasteiger partial charge in [-0.3, -0.25) is 0 Å². The predicted molar refractivity (Wildman–Crippen MR) is 71.9 cm³/mol. The Labute approximate surface area is 108 Å². The third-order valence-corrected chi connectivity index (χ3v) is 3.07. The molecule has 0 amide bonds. The van der Waals surface area contributed by atoms with E-state index < -0.39 is 6.10 Å². The molecule has 17 heavy (non-hydrogen) atoms. The van der Waals surface area contributed by atoms with Crippen LogP contribution in [0.1, 0.15) is 31.4 Å². The highest BCUT2D eigenvalue weighted by Crippen LogP contribution is 2.22. The molecule has 0 aromatic heterocycles. The monoisotopic (exact) mass is 251 g/mol. The second kappa shape index (κ2) is 7.34. The molecule has 0 aliphatic carbocycles. The molecule has 2 nitrogen and oxygen atoms in total. The molecular formula is C14H18ClNO. The lowest BCUT2D eigenvalue weighted by Gasteiger charge is -2.18. The average molecular weight is 252 g/mol. The number of rotatable bonds is 6. The Morgan fingerprint density at radius 3 is 2.76 bits per heavy atom. The van der Waals surface area contributed by atoms with E-state index in [0.717, 1.165) is 12.0 Å². The van der Waals surface area contributed by atoms with Gasteiger partial charge in [0.2, 0.25) is 0 Å². The van der Waals surface area contributed by atoms with Crippen LogP contribution in [0.15, 0.2) is 24.3 Å². The number of nitrogens with one attached hydrogen (secondary N) is 1. The lowest BCUT2D eigenvalue weighted by atomic mass is 10.1. The standard InChI is InChI=1S/C14H18ClNO/c1-3-7-11(4-2)16-10-14(17)12-8-5-6-9-13(12)15/h1,5-6,8-9,11,14,16-17H,4,7,10H2,2H3. The van der Waals surface area contributed by atoms with Crippen molar-refractivity contribution in [3.05, 3.63) is 34.9 Å². The average Bonchev–Trinajstić information content (AvgIpc) is 2.34. The maximum absolute atomic E-state index is 10.0. The lowest BCUT2D eigenvalue weighted by Crippen LogP contribution is -2.32. The number of aliphatic hydroxyl groups excluding tert-OH is 1. The van der Waals surface area contributed by atoms with Crippen molar-refractivity contribution in [2.45, 2.75) is 31.9 Å². The van der Waals surface area contributed by atoms with E-state index in [0.29, 0.717) is 18.0 Å². The Kier molecular flexibility index (Phi) is 6.07. The van der Waals surface area contributed by atoms with Crippen LogP contribution in [0.2, 0.25) is 5.02 Å². The van der Waals surface area contributed by atoms with Gasteiger partial charge in [0, 0.05) is 29.6 Å². The van der Waals surface area contributed by atoms with Crippen LogP contribution in [0, 0.1) is 12.3 Å². The number of benzene rings is 1. The molecule has 1 aromatic rings. The first-order chi connectivity index (χ1) is 8.19. The van der Waals surface area contributed by atoms with E-state index in [1.165, 1.54) is 0 Å². The predicted octanol–water partition coefficient (Wildman–Crippen LogP) is 2.76. The lowest BCUT2D eigenvalue weighted by molar-refractivity contribution is 0.169. The van der Waals surface area contributed by atoms with Gasteiger partial charge in [-0.25, -0.2) is 0 Å². The molecule has 1 aromatic carbocycles. The Bertz CT molecular complexity index is 386. The van der Waals surface area contributed by atoms with Gasteiger partial charge in [-0.2, -0.15) is 0 Å². The van der Waals surface area contributed by atoms with Gasteiger partial charge in [0.1, 0.15) is 0 Å². The number of halogens is 1. The van der Waals surface area contributed by atoms with Crippen LogP contribution in [0.5, 0.6) is 0 Å². The summed E-state index contributed by atoms with van der Waals surface area (Å²) < 4.78 is 0. The van der Waals surface area contributed by atoms with Crippen LogP contribution in [0.25, 0.3) is 0 Å². The number of aliphatic hydroxyl groups is 1. The van der Waals surface area contributed by atoms with Crippen molar-refractivity contribution in [1.82, 2.24) is 5.32 Å².